The van der Waals surface area contributed by atoms with E-state index in [2.05, 4.69) is 0 Å². The van der Waals surface area contributed by atoms with Crippen LogP contribution in [0.1, 0.15) is 19.4 Å². The highest BCUT2D eigenvalue weighted by Crippen LogP contribution is 2.21. The molecule has 0 aliphatic heterocycles. The fourth-order valence-corrected chi connectivity index (χ4v) is 1.16. The quantitative estimate of drug-likeness (QED) is 0.554. The summed E-state index contributed by atoms with van der Waals surface area (Å²) in [6.07, 6.45) is 6.04. The normalized spacial score (nSPS) is 12.3. The lowest BCUT2D eigenvalue weighted by Crippen LogP contribution is -1.94. The molecular formula is C12H16N2. The van der Waals surface area contributed by atoms with Crippen LogP contribution in [0.2, 0.25) is 0 Å². The van der Waals surface area contributed by atoms with E-state index in [0.717, 1.165) is 5.56 Å². The van der Waals surface area contributed by atoms with E-state index in [1.54, 1.807) is 0 Å². The molecule has 1 rings (SSSR count). The minimum absolute atomic E-state index is 0.632. The maximum Gasteiger partial charge on any atom is 0.0553 e. The van der Waals surface area contributed by atoms with Crippen molar-refractivity contribution < 1.29 is 0 Å². The van der Waals surface area contributed by atoms with Gasteiger partial charge in [0, 0.05) is 0 Å². The highest BCUT2D eigenvalue weighted by Gasteiger charge is 1.98. The van der Waals surface area contributed by atoms with Gasteiger partial charge in [0.15, 0.2) is 0 Å². The van der Waals surface area contributed by atoms with Crippen LogP contribution in [0.3, 0.4) is 0 Å². The van der Waals surface area contributed by atoms with Crippen molar-refractivity contribution in [1.29, 1.82) is 0 Å². The fraction of sp³-hybridized carbons (Fsp3) is 0.167. The third kappa shape index (κ3) is 2.39. The van der Waals surface area contributed by atoms with Gasteiger partial charge in [-0.1, -0.05) is 24.3 Å². The van der Waals surface area contributed by atoms with E-state index >= 15 is 0 Å². The Labute approximate surface area is 84.9 Å². The third-order valence-electron chi connectivity index (χ3n) is 2.08. The van der Waals surface area contributed by atoms with Gasteiger partial charge in [-0.2, -0.15) is 0 Å². The van der Waals surface area contributed by atoms with Crippen molar-refractivity contribution in [3.05, 3.63) is 42.0 Å². The predicted molar refractivity (Wildman–Crippen MR) is 63.7 cm³/mol. The summed E-state index contributed by atoms with van der Waals surface area (Å²) in [7, 11) is 0. The number of hydrogen-bond acceptors (Lipinski definition) is 2. The van der Waals surface area contributed by atoms with E-state index in [1.165, 1.54) is 5.57 Å². The molecule has 0 saturated carbocycles. The Morgan fingerprint density at radius 3 is 2.50 bits per heavy atom. The molecule has 0 unspecified atom stereocenters. The average Bonchev–Trinajstić information content (AvgIpc) is 2.18. The molecule has 0 aliphatic carbocycles. The number of allylic oxidation sites excluding steroid dienone is 4. The van der Waals surface area contributed by atoms with Gasteiger partial charge in [-0.05, 0) is 37.1 Å². The minimum Gasteiger partial charge on any atom is -0.397 e. The molecular weight excluding hydrogens is 172 g/mol. The number of hydrogen-bond donors (Lipinski definition) is 2. The summed E-state index contributed by atoms with van der Waals surface area (Å²) < 4.78 is 0. The third-order valence-corrected chi connectivity index (χ3v) is 2.08. The molecule has 2 heteroatoms. The Morgan fingerprint density at radius 1 is 1.21 bits per heavy atom. The van der Waals surface area contributed by atoms with E-state index in [-0.39, 0.29) is 0 Å². The van der Waals surface area contributed by atoms with Gasteiger partial charge in [0.25, 0.3) is 0 Å². The zero-order chi connectivity index (χ0) is 10.6. The van der Waals surface area contributed by atoms with Crippen molar-refractivity contribution in [2.75, 3.05) is 11.5 Å². The standard InChI is InChI=1S/C12H16N2/c1-3-4-5-9(2)10-6-7-11(13)12(14)8-10/h3-8H,13-14H2,1-2H3/b4-3-,9-5+. The molecule has 0 radical (unpaired) electrons. The smallest absolute Gasteiger partial charge is 0.0553 e. The SMILES string of the molecule is C/C=C\C=C(/C)c1ccc(N)c(N)c1. The second kappa shape index (κ2) is 4.51. The van der Waals surface area contributed by atoms with Gasteiger partial charge in [0.2, 0.25) is 0 Å². The number of anilines is 2. The number of benzene rings is 1. The summed E-state index contributed by atoms with van der Waals surface area (Å²) in [6.45, 7) is 4.03. The summed E-state index contributed by atoms with van der Waals surface area (Å²) in [4.78, 5) is 0. The van der Waals surface area contributed by atoms with Crippen LogP contribution in [-0.4, -0.2) is 0 Å². The fourth-order valence-electron chi connectivity index (χ4n) is 1.16. The number of nitrogens with two attached hydrogens (primary N) is 2. The van der Waals surface area contributed by atoms with E-state index < -0.39 is 0 Å². The Bertz CT molecular complexity index is 376. The average molecular weight is 188 g/mol. The Kier molecular flexibility index (Phi) is 3.35. The maximum absolute atomic E-state index is 5.72. The molecule has 1 aromatic rings. The van der Waals surface area contributed by atoms with Crippen LogP contribution in [0.5, 0.6) is 0 Å². The zero-order valence-electron chi connectivity index (χ0n) is 8.62. The van der Waals surface area contributed by atoms with Gasteiger partial charge in [-0.25, -0.2) is 0 Å². The molecule has 0 bridgehead atoms. The van der Waals surface area contributed by atoms with Gasteiger partial charge >= 0.3 is 0 Å². The predicted octanol–water partition coefficient (Wildman–Crippen LogP) is 2.83. The largest absolute Gasteiger partial charge is 0.397 e. The van der Waals surface area contributed by atoms with Crippen molar-refractivity contribution in [3.8, 4) is 0 Å². The van der Waals surface area contributed by atoms with Crippen LogP contribution in [0, 0.1) is 0 Å². The van der Waals surface area contributed by atoms with Crippen LogP contribution in [0.25, 0.3) is 5.57 Å². The summed E-state index contributed by atoms with van der Waals surface area (Å²) in [5, 5.41) is 0. The Balaban J connectivity index is 3.02. The van der Waals surface area contributed by atoms with Crippen LogP contribution in [0.4, 0.5) is 11.4 Å². The van der Waals surface area contributed by atoms with Gasteiger partial charge in [0.1, 0.15) is 0 Å². The summed E-state index contributed by atoms with van der Waals surface area (Å²) in [5.74, 6) is 0. The summed E-state index contributed by atoms with van der Waals surface area (Å²) in [5.41, 5.74) is 14.9. The van der Waals surface area contributed by atoms with Crippen LogP contribution < -0.4 is 11.5 Å². The highest BCUT2D eigenvalue weighted by molar-refractivity contribution is 5.73. The molecule has 14 heavy (non-hydrogen) atoms. The molecule has 0 aliphatic rings. The molecule has 0 atom stereocenters. The maximum atomic E-state index is 5.72. The molecule has 0 heterocycles. The minimum atomic E-state index is 0.632. The van der Waals surface area contributed by atoms with Crippen molar-refractivity contribution in [2.24, 2.45) is 0 Å². The summed E-state index contributed by atoms with van der Waals surface area (Å²) in [6, 6.07) is 5.70. The molecule has 0 spiro atoms. The molecule has 0 amide bonds. The van der Waals surface area contributed by atoms with E-state index in [9.17, 15) is 0 Å². The molecule has 0 aromatic heterocycles. The Hall–Kier alpha value is -1.70. The van der Waals surface area contributed by atoms with Crippen LogP contribution >= 0.6 is 0 Å². The van der Waals surface area contributed by atoms with E-state index in [4.69, 9.17) is 11.5 Å². The number of nitrogen functional groups attached to an aromatic ring is 2. The monoisotopic (exact) mass is 188 g/mol. The van der Waals surface area contributed by atoms with Gasteiger partial charge in [-0.15, -0.1) is 0 Å². The molecule has 0 fully saturated rings. The second-order valence-corrected chi connectivity index (χ2v) is 3.22. The first kappa shape index (κ1) is 10.4. The van der Waals surface area contributed by atoms with Gasteiger partial charge < -0.3 is 11.5 Å². The van der Waals surface area contributed by atoms with Crippen LogP contribution in [-0.2, 0) is 0 Å². The van der Waals surface area contributed by atoms with Crippen molar-refractivity contribution in [3.63, 3.8) is 0 Å². The first-order valence-corrected chi connectivity index (χ1v) is 4.60. The first-order valence-electron chi connectivity index (χ1n) is 4.60. The van der Waals surface area contributed by atoms with Crippen molar-refractivity contribution in [1.82, 2.24) is 0 Å². The van der Waals surface area contributed by atoms with Crippen molar-refractivity contribution in [2.45, 2.75) is 13.8 Å². The second-order valence-electron chi connectivity index (χ2n) is 3.22. The lowest BCUT2D eigenvalue weighted by Gasteiger charge is -2.04. The lowest BCUT2D eigenvalue weighted by molar-refractivity contribution is 1.55. The molecule has 1 aromatic carbocycles. The van der Waals surface area contributed by atoms with Crippen LogP contribution in [0.15, 0.2) is 36.4 Å². The van der Waals surface area contributed by atoms with Gasteiger partial charge in [-0.3, -0.25) is 0 Å². The molecule has 74 valence electrons. The van der Waals surface area contributed by atoms with E-state index in [1.807, 2.05) is 50.3 Å². The summed E-state index contributed by atoms with van der Waals surface area (Å²) >= 11 is 0. The molecule has 0 saturated heterocycles. The molecule has 4 N–H and O–H groups in total. The van der Waals surface area contributed by atoms with Gasteiger partial charge in [0.05, 0.1) is 11.4 Å². The Morgan fingerprint density at radius 2 is 1.93 bits per heavy atom. The van der Waals surface area contributed by atoms with E-state index in [0.29, 0.717) is 11.4 Å². The molecule has 2 nitrogen and oxygen atoms in total. The number of rotatable bonds is 2. The highest BCUT2D eigenvalue weighted by atomic mass is 14.7. The zero-order valence-corrected chi connectivity index (χ0v) is 8.62. The first-order chi connectivity index (χ1) is 6.65. The van der Waals surface area contributed by atoms with Crippen molar-refractivity contribution >= 4 is 16.9 Å². The lowest BCUT2D eigenvalue weighted by atomic mass is 10.1. The topological polar surface area (TPSA) is 52.0 Å².